The van der Waals surface area contributed by atoms with Gasteiger partial charge in [0.1, 0.15) is 0 Å². The molecule has 1 aromatic carbocycles. The molecule has 0 atom stereocenters. The van der Waals surface area contributed by atoms with E-state index in [2.05, 4.69) is 31.9 Å². The van der Waals surface area contributed by atoms with Gasteiger partial charge in [-0.25, -0.2) is 4.79 Å². The minimum atomic E-state index is -0.929. The summed E-state index contributed by atoms with van der Waals surface area (Å²) in [5.41, 5.74) is 0.976. The Morgan fingerprint density at radius 1 is 1.31 bits per heavy atom. The molecule has 0 saturated carbocycles. The largest absolute Gasteiger partial charge is 0.465 e. The third kappa shape index (κ3) is 4.81. The molecular formula is C11H11Br2NO2. The van der Waals surface area contributed by atoms with E-state index in [1.807, 2.05) is 30.3 Å². The Labute approximate surface area is 111 Å². The van der Waals surface area contributed by atoms with Gasteiger partial charge in [0.2, 0.25) is 0 Å². The Bertz CT molecular complexity index is 375. The zero-order chi connectivity index (χ0) is 12.0. The van der Waals surface area contributed by atoms with Crippen molar-refractivity contribution in [3.8, 4) is 0 Å². The molecule has 1 amide bonds. The SMILES string of the molecule is O=C(O)N(CC=C(Br)Br)Cc1ccccc1. The van der Waals surface area contributed by atoms with Crippen LogP contribution in [0.15, 0.2) is 39.8 Å². The van der Waals surface area contributed by atoms with E-state index in [9.17, 15) is 4.79 Å². The van der Waals surface area contributed by atoms with Gasteiger partial charge in [-0.15, -0.1) is 0 Å². The van der Waals surface area contributed by atoms with Crippen LogP contribution in [0.2, 0.25) is 0 Å². The lowest BCUT2D eigenvalue weighted by Gasteiger charge is -2.17. The summed E-state index contributed by atoms with van der Waals surface area (Å²) >= 11 is 6.39. The Kier molecular flexibility index (Phi) is 5.55. The summed E-state index contributed by atoms with van der Waals surface area (Å²) in [7, 11) is 0. The van der Waals surface area contributed by atoms with Crippen molar-refractivity contribution >= 4 is 38.0 Å². The van der Waals surface area contributed by atoms with Gasteiger partial charge in [-0.2, -0.15) is 0 Å². The number of benzene rings is 1. The number of rotatable bonds is 4. The van der Waals surface area contributed by atoms with E-state index in [0.29, 0.717) is 13.1 Å². The van der Waals surface area contributed by atoms with Crippen molar-refractivity contribution in [3.63, 3.8) is 0 Å². The zero-order valence-corrected chi connectivity index (χ0v) is 11.6. The third-order valence-electron chi connectivity index (χ3n) is 1.95. The number of carbonyl (C=O) groups is 1. The number of nitrogens with zero attached hydrogens (tertiary/aromatic N) is 1. The maximum Gasteiger partial charge on any atom is 0.407 e. The Morgan fingerprint density at radius 2 is 1.94 bits per heavy atom. The Balaban J connectivity index is 2.66. The summed E-state index contributed by atoms with van der Waals surface area (Å²) in [6, 6.07) is 9.51. The van der Waals surface area contributed by atoms with Gasteiger partial charge in [0.05, 0.1) is 3.39 Å². The topological polar surface area (TPSA) is 40.5 Å². The van der Waals surface area contributed by atoms with E-state index in [1.165, 1.54) is 4.90 Å². The molecule has 86 valence electrons. The lowest BCUT2D eigenvalue weighted by atomic mass is 10.2. The molecular weight excluding hydrogens is 338 g/mol. The molecule has 0 bridgehead atoms. The second-order valence-corrected chi connectivity index (χ2v) is 5.92. The summed E-state index contributed by atoms with van der Waals surface area (Å²) in [6.45, 7) is 0.732. The maximum atomic E-state index is 11.0. The van der Waals surface area contributed by atoms with E-state index in [4.69, 9.17) is 5.11 Å². The van der Waals surface area contributed by atoms with Crippen LogP contribution in [0.3, 0.4) is 0 Å². The van der Waals surface area contributed by atoms with Crippen molar-refractivity contribution in [1.82, 2.24) is 4.90 Å². The highest BCUT2D eigenvalue weighted by Crippen LogP contribution is 2.13. The number of carboxylic acid groups (broad SMARTS) is 1. The molecule has 0 heterocycles. The predicted octanol–water partition coefficient (Wildman–Crippen LogP) is 3.80. The smallest absolute Gasteiger partial charge is 0.407 e. The first-order valence-electron chi connectivity index (χ1n) is 4.62. The van der Waals surface area contributed by atoms with Gasteiger partial charge in [0.25, 0.3) is 0 Å². The van der Waals surface area contributed by atoms with Crippen LogP contribution in [0.1, 0.15) is 5.56 Å². The number of halogens is 2. The van der Waals surface area contributed by atoms with Crippen LogP contribution < -0.4 is 0 Å². The minimum absolute atomic E-state index is 0.343. The quantitative estimate of drug-likeness (QED) is 0.899. The summed E-state index contributed by atoms with van der Waals surface area (Å²) in [6.07, 6.45) is 0.818. The van der Waals surface area contributed by atoms with Gasteiger partial charge in [0.15, 0.2) is 0 Å². The molecule has 16 heavy (non-hydrogen) atoms. The molecule has 0 aliphatic rings. The lowest BCUT2D eigenvalue weighted by Crippen LogP contribution is -2.29. The molecule has 0 aromatic heterocycles. The summed E-state index contributed by atoms with van der Waals surface area (Å²) in [4.78, 5) is 12.3. The van der Waals surface area contributed by atoms with Gasteiger partial charge < -0.3 is 10.0 Å². The molecule has 0 unspecified atom stereocenters. The maximum absolute atomic E-state index is 11.0. The molecule has 5 heteroatoms. The van der Waals surface area contributed by atoms with Crippen LogP contribution in [0.4, 0.5) is 4.79 Å². The average Bonchev–Trinajstić information content (AvgIpc) is 2.25. The minimum Gasteiger partial charge on any atom is -0.465 e. The highest BCUT2D eigenvalue weighted by molar-refractivity contribution is 9.28. The first-order chi connectivity index (χ1) is 7.59. The van der Waals surface area contributed by atoms with E-state index in [1.54, 1.807) is 6.08 Å². The van der Waals surface area contributed by atoms with Crippen molar-refractivity contribution < 1.29 is 9.90 Å². The highest BCUT2D eigenvalue weighted by Gasteiger charge is 2.10. The van der Waals surface area contributed by atoms with Gasteiger partial charge in [-0.3, -0.25) is 0 Å². The van der Waals surface area contributed by atoms with E-state index in [-0.39, 0.29) is 0 Å². The third-order valence-corrected chi connectivity index (χ3v) is 2.60. The molecule has 1 aromatic rings. The van der Waals surface area contributed by atoms with Crippen LogP contribution in [0, 0.1) is 0 Å². The summed E-state index contributed by atoms with van der Waals surface area (Å²) < 4.78 is 0.749. The molecule has 0 aliphatic heterocycles. The molecule has 1 N–H and O–H groups in total. The van der Waals surface area contributed by atoms with Crippen LogP contribution in [-0.2, 0) is 6.54 Å². The second kappa shape index (κ2) is 6.70. The second-order valence-electron chi connectivity index (χ2n) is 3.14. The zero-order valence-electron chi connectivity index (χ0n) is 8.44. The monoisotopic (exact) mass is 347 g/mol. The average molecular weight is 349 g/mol. The summed E-state index contributed by atoms with van der Waals surface area (Å²) in [5, 5.41) is 9.01. The van der Waals surface area contributed by atoms with E-state index < -0.39 is 6.09 Å². The first-order valence-corrected chi connectivity index (χ1v) is 6.21. The van der Waals surface area contributed by atoms with E-state index in [0.717, 1.165) is 8.96 Å². The molecule has 0 radical (unpaired) electrons. The lowest BCUT2D eigenvalue weighted by molar-refractivity contribution is 0.148. The molecule has 0 saturated heterocycles. The van der Waals surface area contributed by atoms with Crippen LogP contribution in [0.25, 0.3) is 0 Å². The number of hydrogen-bond donors (Lipinski definition) is 1. The van der Waals surface area contributed by atoms with Crippen LogP contribution >= 0.6 is 31.9 Å². The Hall–Kier alpha value is -0.810. The van der Waals surface area contributed by atoms with Gasteiger partial charge in [0, 0.05) is 13.1 Å². The molecule has 0 fully saturated rings. The Morgan fingerprint density at radius 3 is 2.44 bits per heavy atom. The van der Waals surface area contributed by atoms with Crippen molar-refractivity contribution in [1.29, 1.82) is 0 Å². The fourth-order valence-electron chi connectivity index (χ4n) is 1.19. The standard InChI is InChI=1S/C11H11Br2NO2/c12-10(13)6-7-14(11(15)16)8-9-4-2-1-3-5-9/h1-6H,7-8H2,(H,15,16). The van der Waals surface area contributed by atoms with Gasteiger partial charge in [-0.1, -0.05) is 30.3 Å². The molecule has 0 aliphatic carbocycles. The van der Waals surface area contributed by atoms with Crippen molar-refractivity contribution in [2.75, 3.05) is 6.54 Å². The molecule has 0 spiro atoms. The first kappa shape index (κ1) is 13.3. The van der Waals surface area contributed by atoms with Gasteiger partial charge in [-0.05, 0) is 43.5 Å². The van der Waals surface area contributed by atoms with Crippen LogP contribution in [-0.4, -0.2) is 22.6 Å². The predicted molar refractivity (Wildman–Crippen MR) is 70.8 cm³/mol. The molecule has 1 rings (SSSR count). The van der Waals surface area contributed by atoms with Crippen molar-refractivity contribution in [2.45, 2.75) is 6.54 Å². The van der Waals surface area contributed by atoms with Crippen molar-refractivity contribution in [3.05, 3.63) is 45.4 Å². The highest BCUT2D eigenvalue weighted by atomic mass is 79.9. The van der Waals surface area contributed by atoms with Crippen LogP contribution in [0.5, 0.6) is 0 Å². The summed E-state index contributed by atoms with van der Waals surface area (Å²) in [5.74, 6) is 0. The van der Waals surface area contributed by atoms with Crippen molar-refractivity contribution in [2.24, 2.45) is 0 Å². The number of amides is 1. The van der Waals surface area contributed by atoms with Gasteiger partial charge >= 0.3 is 6.09 Å². The van der Waals surface area contributed by atoms with E-state index >= 15 is 0 Å². The fraction of sp³-hybridized carbons (Fsp3) is 0.182. The normalized spacial score (nSPS) is 9.62. The number of hydrogen-bond acceptors (Lipinski definition) is 1. The fourth-order valence-corrected chi connectivity index (χ4v) is 1.48. The molecule has 3 nitrogen and oxygen atoms in total.